The van der Waals surface area contributed by atoms with E-state index in [1.165, 1.54) is 37.7 Å². The summed E-state index contributed by atoms with van der Waals surface area (Å²) in [6.07, 6.45) is 12.0. The first-order valence-corrected chi connectivity index (χ1v) is 11.7. The Balaban J connectivity index is 0.000000165. The van der Waals surface area contributed by atoms with E-state index < -0.39 is 0 Å². The SMILES string of the molecule is [Ir].[c-]1ccccc1-c1nnc(-c2ccccn2)nn1.c1cc(-c2cc(C3CCCCC3)ccn2)[n-]n1. The Kier molecular flexibility index (Phi) is 9.08. The van der Waals surface area contributed by atoms with Crippen molar-refractivity contribution in [3.8, 4) is 34.3 Å². The van der Waals surface area contributed by atoms with Crippen LogP contribution in [0.5, 0.6) is 0 Å². The molecule has 36 heavy (non-hydrogen) atoms. The summed E-state index contributed by atoms with van der Waals surface area (Å²) in [5.41, 5.74) is 4.66. The molecule has 0 spiro atoms. The van der Waals surface area contributed by atoms with E-state index in [1.54, 1.807) is 18.5 Å². The quantitative estimate of drug-likeness (QED) is 0.252. The summed E-state index contributed by atoms with van der Waals surface area (Å²) in [5, 5.41) is 24.0. The average molecular weight is 653 g/mol. The molecule has 1 aromatic carbocycles. The van der Waals surface area contributed by atoms with Crippen LogP contribution in [0.4, 0.5) is 0 Å². The van der Waals surface area contributed by atoms with Crippen LogP contribution in [-0.2, 0) is 20.1 Å². The van der Waals surface area contributed by atoms with E-state index in [2.05, 4.69) is 58.8 Å². The molecule has 1 saturated carbocycles. The molecule has 5 aromatic rings. The second-order valence-electron chi connectivity index (χ2n) is 8.26. The minimum atomic E-state index is 0. The van der Waals surface area contributed by atoms with Crippen molar-refractivity contribution in [3.05, 3.63) is 90.9 Å². The first kappa shape index (κ1) is 25.4. The van der Waals surface area contributed by atoms with Crippen molar-refractivity contribution < 1.29 is 20.1 Å². The maximum absolute atomic E-state index is 4.37. The number of rotatable bonds is 4. The minimum Gasteiger partial charge on any atom is -0.574 e. The summed E-state index contributed by atoms with van der Waals surface area (Å²) in [6.45, 7) is 0. The smallest absolute Gasteiger partial charge is 0.220 e. The molecule has 1 radical (unpaired) electrons. The third-order valence-electron chi connectivity index (χ3n) is 5.91. The molecule has 1 aliphatic carbocycles. The van der Waals surface area contributed by atoms with E-state index in [-0.39, 0.29) is 20.1 Å². The van der Waals surface area contributed by atoms with Crippen LogP contribution >= 0.6 is 0 Å². The topological polar surface area (TPSA) is 104 Å². The molecule has 4 heterocycles. The van der Waals surface area contributed by atoms with Crippen molar-refractivity contribution >= 4 is 0 Å². The van der Waals surface area contributed by atoms with E-state index in [1.807, 2.05) is 48.7 Å². The van der Waals surface area contributed by atoms with E-state index in [0.717, 1.165) is 17.0 Å². The van der Waals surface area contributed by atoms with Gasteiger partial charge in [-0.15, -0.1) is 46.1 Å². The van der Waals surface area contributed by atoms with Crippen LogP contribution in [-0.4, -0.2) is 35.5 Å². The number of pyridine rings is 2. The molecule has 0 atom stereocenters. The largest absolute Gasteiger partial charge is 0.574 e. The molecule has 183 valence electrons. The molecule has 9 heteroatoms. The van der Waals surface area contributed by atoms with Gasteiger partial charge in [-0.25, -0.2) is 0 Å². The van der Waals surface area contributed by atoms with Gasteiger partial charge >= 0.3 is 0 Å². The summed E-state index contributed by atoms with van der Waals surface area (Å²) in [4.78, 5) is 8.51. The van der Waals surface area contributed by atoms with E-state index in [4.69, 9.17) is 0 Å². The number of nitrogens with zero attached hydrogens (tertiary/aromatic N) is 8. The molecule has 0 saturated heterocycles. The summed E-state index contributed by atoms with van der Waals surface area (Å²) in [7, 11) is 0. The van der Waals surface area contributed by atoms with Gasteiger partial charge in [-0.3, -0.25) is 9.97 Å². The predicted molar refractivity (Wildman–Crippen MR) is 132 cm³/mol. The van der Waals surface area contributed by atoms with Crippen LogP contribution < -0.4 is 5.10 Å². The third-order valence-corrected chi connectivity index (χ3v) is 5.91. The van der Waals surface area contributed by atoms with Crippen LogP contribution in [0.2, 0.25) is 0 Å². The van der Waals surface area contributed by atoms with Crippen molar-refractivity contribution in [1.82, 2.24) is 40.6 Å². The molecule has 4 aromatic heterocycles. The second-order valence-corrected chi connectivity index (χ2v) is 8.26. The van der Waals surface area contributed by atoms with Gasteiger partial charge in [0.05, 0.1) is 0 Å². The van der Waals surface area contributed by atoms with Crippen LogP contribution in [0.1, 0.15) is 43.6 Å². The molecule has 0 amide bonds. The fraction of sp³-hybridized carbons (Fsp3) is 0.222. The molecule has 1 aliphatic rings. The van der Waals surface area contributed by atoms with Crippen LogP contribution in [0.25, 0.3) is 34.3 Å². The van der Waals surface area contributed by atoms with Gasteiger partial charge in [-0.2, -0.15) is 10.2 Å². The van der Waals surface area contributed by atoms with Gasteiger partial charge in [0.15, 0.2) is 0 Å². The zero-order valence-electron chi connectivity index (χ0n) is 19.5. The first-order valence-electron chi connectivity index (χ1n) is 11.7. The molecule has 0 unspecified atom stereocenters. The normalized spacial score (nSPS) is 13.2. The maximum atomic E-state index is 4.37. The Hall–Kier alpha value is -3.68. The molecule has 8 nitrogen and oxygen atoms in total. The minimum absolute atomic E-state index is 0. The molecule has 0 bridgehead atoms. The van der Waals surface area contributed by atoms with Gasteiger partial charge in [-0.1, -0.05) is 37.1 Å². The monoisotopic (exact) mass is 653 g/mol. The Morgan fingerprint density at radius 3 is 2.19 bits per heavy atom. The second kappa shape index (κ2) is 12.9. The Bertz CT molecular complexity index is 1250. The summed E-state index contributed by atoms with van der Waals surface area (Å²) in [6, 6.07) is 22.2. The van der Waals surface area contributed by atoms with E-state index in [9.17, 15) is 0 Å². The summed E-state index contributed by atoms with van der Waals surface area (Å²) < 4.78 is 0. The maximum Gasteiger partial charge on any atom is 0.220 e. The molecule has 0 N–H and O–H groups in total. The predicted octanol–water partition coefficient (Wildman–Crippen LogP) is 4.94. The molecule has 6 rings (SSSR count). The number of aromatic nitrogens is 8. The standard InChI is InChI=1S/C14H16N3.C13H8N5.Ir/c1-2-4-11(5-3-1)12-6-8-15-14(10-12)13-7-9-16-17-13;1-2-6-10(7-3-1)12-15-17-13(18-16-12)11-8-4-5-9-14-11;/h6-11H,1-5H2;1-6,8-9H;/q2*-1;. The van der Waals surface area contributed by atoms with Crippen molar-refractivity contribution in [3.63, 3.8) is 0 Å². The van der Waals surface area contributed by atoms with Gasteiger partial charge in [0.2, 0.25) is 5.82 Å². The average Bonchev–Trinajstić information content (AvgIpc) is 3.51. The zero-order valence-corrected chi connectivity index (χ0v) is 21.9. The van der Waals surface area contributed by atoms with Crippen molar-refractivity contribution in [2.75, 3.05) is 0 Å². The van der Waals surface area contributed by atoms with Crippen molar-refractivity contribution in [1.29, 1.82) is 0 Å². The summed E-state index contributed by atoms with van der Waals surface area (Å²) in [5.74, 6) is 1.58. The van der Waals surface area contributed by atoms with Gasteiger partial charge < -0.3 is 10.2 Å². The third kappa shape index (κ3) is 6.50. The van der Waals surface area contributed by atoms with Crippen molar-refractivity contribution in [2.45, 2.75) is 38.0 Å². The van der Waals surface area contributed by atoms with Crippen LogP contribution in [0.3, 0.4) is 0 Å². The first-order chi connectivity index (χ1) is 17.4. The molecular formula is C27H24IrN8-2. The van der Waals surface area contributed by atoms with Gasteiger partial charge in [-0.05, 0) is 48.6 Å². The number of benzene rings is 1. The zero-order chi connectivity index (χ0) is 23.7. The molecule has 1 fully saturated rings. The Morgan fingerprint density at radius 2 is 1.50 bits per heavy atom. The summed E-state index contributed by atoms with van der Waals surface area (Å²) >= 11 is 0. The van der Waals surface area contributed by atoms with Crippen LogP contribution in [0, 0.1) is 6.07 Å². The Labute approximate surface area is 223 Å². The molecular weight excluding hydrogens is 629 g/mol. The fourth-order valence-electron chi connectivity index (χ4n) is 4.11. The van der Waals surface area contributed by atoms with Gasteiger partial charge in [0.1, 0.15) is 11.5 Å². The van der Waals surface area contributed by atoms with Gasteiger partial charge in [0, 0.05) is 44.4 Å². The Morgan fingerprint density at radius 1 is 0.722 bits per heavy atom. The van der Waals surface area contributed by atoms with Crippen molar-refractivity contribution in [2.24, 2.45) is 0 Å². The van der Waals surface area contributed by atoms with Gasteiger partial charge in [0.25, 0.3) is 0 Å². The number of hydrogen-bond acceptors (Lipinski definition) is 7. The van der Waals surface area contributed by atoms with E-state index >= 15 is 0 Å². The fourth-order valence-corrected chi connectivity index (χ4v) is 4.11. The molecule has 0 aliphatic heterocycles. The van der Waals surface area contributed by atoms with Crippen LogP contribution in [0.15, 0.2) is 79.3 Å². The van der Waals surface area contributed by atoms with E-state index in [0.29, 0.717) is 23.3 Å². The number of hydrogen-bond donors (Lipinski definition) is 0.